The normalized spacial score (nSPS) is 12.6. The number of nitrogens with one attached hydrogen (secondary N) is 1. The molecule has 1 N–H and O–H groups in total. The average molecular weight is 385 g/mol. The Bertz CT molecular complexity index is 846. The van der Waals surface area contributed by atoms with E-state index in [0.717, 1.165) is 25.9 Å². The van der Waals surface area contributed by atoms with E-state index < -0.39 is 5.97 Å². The summed E-state index contributed by atoms with van der Waals surface area (Å²) in [6, 6.07) is 9.92. The predicted octanol–water partition coefficient (Wildman–Crippen LogP) is 2.97. The molecule has 1 aromatic carbocycles. The molecule has 1 aliphatic rings. The Morgan fingerprint density at radius 3 is 2.89 bits per heavy atom. The summed E-state index contributed by atoms with van der Waals surface area (Å²) in [6.07, 6.45) is 1.96. The smallest absolute Gasteiger partial charge is 0.341 e. The highest BCUT2D eigenvalue weighted by atomic mass is 16.5. The highest BCUT2D eigenvalue weighted by Crippen LogP contribution is 2.27. The molecule has 0 bridgehead atoms. The van der Waals surface area contributed by atoms with Gasteiger partial charge in [0.1, 0.15) is 17.1 Å². The maximum Gasteiger partial charge on any atom is 0.341 e. The Morgan fingerprint density at radius 2 is 2.11 bits per heavy atom. The largest absolute Gasteiger partial charge is 0.465 e. The van der Waals surface area contributed by atoms with Crippen molar-refractivity contribution in [3.8, 4) is 0 Å². The highest BCUT2D eigenvalue weighted by Gasteiger charge is 2.19. The molecule has 7 nitrogen and oxygen atoms in total. The molecule has 7 heteroatoms. The number of furan rings is 1. The maximum absolute atomic E-state index is 12.3. The monoisotopic (exact) mass is 385 g/mol. The van der Waals surface area contributed by atoms with Gasteiger partial charge in [-0.1, -0.05) is 18.2 Å². The number of nitrogens with zero attached hydrogens (tertiary/aromatic N) is 2. The van der Waals surface area contributed by atoms with Gasteiger partial charge in [0.05, 0.1) is 13.7 Å². The van der Waals surface area contributed by atoms with Crippen molar-refractivity contribution in [3.63, 3.8) is 0 Å². The van der Waals surface area contributed by atoms with Crippen LogP contribution in [0.5, 0.6) is 0 Å². The molecule has 1 aliphatic heterocycles. The molecule has 3 rings (SSSR count). The molecule has 0 aliphatic carbocycles. The van der Waals surface area contributed by atoms with Crippen molar-refractivity contribution < 1.29 is 18.7 Å². The number of anilines is 1. The first-order chi connectivity index (χ1) is 13.5. The second kappa shape index (κ2) is 8.82. The van der Waals surface area contributed by atoms with Gasteiger partial charge in [-0.15, -0.1) is 0 Å². The third-order valence-corrected chi connectivity index (χ3v) is 4.98. The van der Waals surface area contributed by atoms with Crippen molar-refractivity contribution in [1.29, 1.82) is 0 Å². The predicted molar refractivity (Wildman–Crippen MR) is 107 cm³/mol. The van der Waals surface area contributed by atoms with Crippen LogP contribution in [-0.4, -0.2) is 50.7 Å². The zero-order valence-electron chi connectivity index (χ0n) is 16.7. The summed E-state index contributed by atoms with van der Waals surface area (Å²) in [5.41, 5.74) is 3.09. The molecule has 1 aromatic heterocycles. The Labute approximate surface area is 165 Å². The quantitative estimate of drug-likeness (QED) is 0.586. The Hall–Kier alpha value is -2.96. The van der Waals surface area contributed by atoms with Crippen LogP contribution in [0.2, 0.25) is 0 Å². The van der Waals surface area contributed by atoms with Gasteiger partial charge in [0.25, 0.3) is 0 Å². The van der Waals surface area contributed by atoms with Crippen molar-refractivity contribution in [1.82, 2.24) is 10.2 Å². The third kappa shape index (κ3) is 4.47. The number of rotatable bonds is 7. The molecule has 0 unspecified atom stereocenters. The number of ether oxygens (including phenoxy) is 1. The lowest BCUT2D eigenvalue weighted by molar-refractivity contribution is 0.0598. The van der Waals surface area contributed by atoms with E-state index in [0.29, 0.717) is 23.6 Å². The maximum atomic E-state index is 12.3. The molecule has 0 atom stereocenters. The molecule has 0 fully saturated rings. The van der Waals surface area contributed by atoms with Crippen LogP contribution in [0.15, 0.2) is 34.7 Å². The fourth-order valence-corrected chi connectivity index (χ4v) is 3.48. The lowest BCUT2D eigenvalue weighted by atomic mass is 10.2. The fourth-order valence-electron chi connectivity index (χ4n) is 3.48. The van der Waals surface area contributed by atoms with Crippen molar-refractivity contribution in [2.45, 2.75) is 26.3 Å². The van der Waals surface area contributed by atoms with Crippen LogP contribution < -0.4 is 10.2 Å². The Kier molecular flexibility index (Phi) is 6.23. The Morgan fingerprint density at radius 1 is 1.32 bits per heavy atom. The minimum atomic E-state index is -0.442. The van der Waals surface area contributed by atoms with Gasteiger partial charge >= 0.3 is 12.0 Å². The van der Waals surface area contributed by atoms with Crippen LogP contribution in [-0.2, 0) is 17.7 Å². The van der Waals surface area contributed by atoms with Crippen LogP contribution in [0.3, 0.4) is 0 Å². The van der Waals surface area contributed by atoms with Gasteiger partial charge in [0.15, 0.2) is 0 Å². The van der Waals surface area contributed by atoms with E-state index >= 15 is 0 Å². The molecule has 150 valence electrons. The van der Waals surface area contributed by atoms with Crippen LogP contribution in [0.1, 0.15) is 33.9 Å². The summed E-state index contributed by atoms with van der Waals surface area (Å²) < 4.78 is 10.3. The fraction of sp³-hybridized carbons (Fsp3) is 0.429. The number of aryl methyl sites for hydroxylation is 1. The van der Waals surface area contributed by atoms with Gasteiger partial charge in [0.2, 0.25) is 0 Å². The molecule has 0 saturated carbocycles. The Balaban J connectivity index is 1.42. The highest BCUT2D eigenvalue weighted by molar-refractivity contribution is 5.90. The first kappa shape index (κ1) is 19.8. The second-order valence-corrected chi connectivity index (χ2v) is 6.98. The number of carbonyl (C=O) groups excluding carboxylic acids is 2. The summed E-state index contributed by atoms with van der Waals surface area (Å²) in [4.78, 5) is 27.8. The van der Waals surface area contributed by atoms with Gasteiger partial charge < -0.3 is 24.3 Å². The van der Waals surface area contributed by atoms with Crippen LogP contribution in [0, 0.1) is 6.92 Å². The molecule has 2 heterocycles. The summed E-state index contributed by atoms with van der Waals surface area (Å²) in [5, 5.41) is 2.93. The SMILES string of the molecule is COC(=O)c1cc(CN(C)C(=O)NCCCN2CCc3ccccc32)oc1C. The van der Waals surface area contributed by atoms with Crippen LogP contribution in [0.4, 0.5) is 10.5 Å². The molecule has 28 heavy (non-hydrogen) atoms. The van der Waals surface area contributed by atoms with Gasteiger partial charge in [-0.25, -0.2) is 9.59 Å². The van der Waals surface area contributed by atoms with E-state index in [1.54, 1.807) is 20.0 Å². The topological polar surface area (TPSA) is 75.0 Å². The molecule has 2 aromatic rings. The lowest BCUT2D eigenvalue weighted by Crippen LogP contribution is -2.38. The standard InChI is InChI=1S/C21H27N3O4/c1-15-18(20(25)27-3)13-17(28-15)14-23(2)21(26)22-10-6-11-24-12-9-16-7-4-5-8-19(16)24/h4-5,7-8,13H,6,9-12,14H2,1-3H3,(H,22,26). The second-order valence-electron chi connectivity index (χ2n) is 6.98. The molecule has 0 radical (unpaired) electrons. The van der Waals surface area contributed by atoms with Gasteiger partial charge in [-0.2, -0.15) is 0 Å². The van der Waals surface area contributed by atoms with E-state index in [1.165, 1.54) is 23.3 Å². The number of carbonyl (C=O) groups is 2. The number of benzene rings is 1. The minimum Gasteiger partial charge on any atom is -0.465 e. The number of hydrogen-bond acceptors (Lipinski definition) is 5. The van der Waals surface area contributed by atoms with Crippen LogP contribution in [0.25, 0.3) is 0 Å². The number of hydrogen-bond donors (Lipinski definition) is 1. The molecule has 0 saturated heterocycles. The first-order valence-electron chi connectivity index (χ1n) is 9.49. The molecule has 0 spiro atoms. The number of amides is 2. The molecule has 2 amide bonds. The van der Waals surface area contributed by atoms with Crippen molar-refractivity contribution >= 4 is 17.7 Å². The van der Waals surface area contributed by atoms with E-state index in [9.17, 15) is 9.59 Å². The number of methoxy groups -OCH3 is 1. The molecular weight excluding hydrogens is 358 g/mol. The zero-order chi connectivity index (χ0) is 20.1. The van der Waals surface area contributed by atoms with Crippen molar-refractivity contribution in [2.24, 2.45) is 0 Å². The summed E-state index contributed by atoms with van der Waals surface area (Å²) >= 11 is 0. The zero-order valence-corrected chi connectivity index (χ0v) is 16.7. The van der Waals surface area contributed by atoms with Gasteiger partial charge in [-0.3, -0.25) is 0 Å². The molecular formula is C21H27N3O4. The third-order valence-electron chi connectivity index (χ3n) is 4.98. The van der Waals surface area contributed by atoms with Crippen LogP contribution >= 0.6 is 0 Å². The first-order valence-corrected chi connectivity index (χ1v) is 9.49. The number of para-hydroxylation sites is 1. The van der Waals surface area contributed by atoms with E-state index in [2.05, 4.69) is 34.5 Å². The number of esters is 1. The van der Waals surface area contributed by atoms with Crippen molar-refractivity contribution in [3.05, 3.63) is 53.0 Å². The minimum absolute atomic E-state index is 0.171. The summed E-state index contributed by atoms with van der Waals surface area (Å²) in [7, 11) is 3.02. The average Bonchev–Trinajstić information content (AvgIpc) is 3.27. The number of fused-ring (bicyclic) bond motifs is 1. The van der Waals surface area contributed by atoms with E-state index in [-0.39, 0.29) is 12.6 Å². The van der Waals surface area contributed by atoms with Crippen molar-refractivity contribution in [2.75, 3.05) is 38.7 Å². The summed E-state index contributed by atoms with van der Waals surface area (Å²) in [6.45, 7) is 4.54. The summed E-state index contributed by atoms with van der Waals surface area (Å²) in [5.74, 6) is 0.592. The van der Waals surface area contributed by atoms with Gasteiger partial charge in [-0.05, 0) is 37.5 Å². The lowest BCUT2D eigenvalue weighted by Gasteiger charge is -2.20. The van der Waals surface area contributed by atoms with Gasteiger partial charge in [0, 0.05) is 32.4 Å². The van der Waals surface area contributed by atoms with E-state index in [4.69, 9.17) is 9.15 Å². The number of urea groups is 1. The van der Waals surface area contributed by atoms with E-state index in [1.807, 2.05) is 0 Å².